The number of carbonyl (C=O) groups excluding carboxylic acids is 1. The lowest BCUT2D eigenvalue weighted by atomic mass is 9.82. The van der Waals surface area contributed by atoms with E-state index in [-0.39, 0.29) is 23.3 Å². The third-order valence-corrected chi connectivity index (χ3v) is 6.76. The minimum Gasteiger partial charge on any atom is -0.376 e. The second kappa shape index (κ2) is 7.67. The predicted molar refractivity (Wildman–Crippen MR) is 125 cm³/mol. The number of nitrogens with one attached hydrogen (secondary N) is 2. The normalized spacial score (nSPS) is 17.4. The summed E-state index contributed by atoms with van der Waals surface area (Å²) in [6, 6.07) is 11.8. The second-order valence-corrected chi connectivity index (χ2v) is 8.81. The van der Waals surface area contributed by atoms with Crippen molar-refractivity contribution in [3.63, 3.8) is 0 Å². The fourth-order valence-electron chi connectivity index (χ4n) is 4.63. The number of anilines is 1. The maximum Gasteiger partial charge on any atom is 0.289 e. The van der Waals surface area contributed by atoms with Crippen molar-refractivity contribution >= 4 is 22.6 Å². The summed E-state index contributed by atoms with van der Waals surface area (Å²) < 4.78 is 5.46. The van der Waals surface area contributed by atoms with Gasteiger partial charge in [0.15, 0.2) is 0 Å². The first-order valence-corrected chi connectivity index (χ1v) is 11.1. The van der Waals surface area contributed by atoms with Gasteiger partial charge in [-0.2, -0.15) is 0 Å². The van der Waals surface area contributed by atoms with E-state index < -0.39 is 0 Å². The highest BCUT2D eigenvalue weighted by molar-refractivity contribution is 5.95. The van der Waals surface area contributed by atoms with E-state index in [9.17, 15) is 4.79 Å². The van der Waals surface area contributed by atoms with Crippen LogP contribution in [-0.4, -0.2) is 51.1 Å². The Morgan fingerprint density at radius 2 is 1.94 bits per heavy atom. The van der Waals surface area contributed by atoms with E-state index in [0.717, 1.165) is 59.6 Å². The van der Waals surface area contributed by atoms with E-state index in [1.54, 1.807) is 12.4 Å². The first-order chi connectivity index (χ1) is 16.1. The molecule has 8 nitrogen and oxygen atoms in total. The average Bonchev–Trinajstić information content (AvgIpc) is 3.21. The molecule has 6 rings (SSSR count). The fraction of sp³-hybridized carbons (Fsp3) is 0.280. The van der Waals surface area contributed by atoms with Crippen molar-refractivity contribution in [2.24, 2.45) is 0 Å². The summed E-state index contributed by atoms with van der Waals surface area (Å²) in [6.45, 7) is 4.53. The van der Waals surface area contributed by atoms with Crippen LogP contribution in [-0.2, 0) is 4.74 Å². The molecular weight excluding hydrogens is 416 g/mol. The first-order valence-electron chi connectivity index (χ1n) is 11.1. The highest BCUT2D eigenvalue weighted by atomic mass is 16.5. The number of ether oxygens (including phenoxy) is 1. The lowest BCUT2D eigenvalue weighted by molar-refractivity contribution is -0.0847. The lowest BCUT2D eigenvalue weighted by Gasteiger charge is -2.58. The molecule has 166 valence electrons. The molecular formula is C25H24N6O2. The highest BCUT2D eigenvalue weighted by Gasteiger charge is 2.50. The number of H-pyrrole nitrogens is 1. The van der Waals surface area contributed by atoms with Gasteiger partial charge in [-0.1, -0.05) is 30.3 Å². The molecule has 2 saturated heterocycles. The molecule has 0 aliphatic carbocycles. The monoisotopic (exact) mass is 440 g/mol. The minimum atomic E-state index is -0.299. The Labute approximate surface area is 191 Å². The number of hydrogen-bond donors (Lipinski definition) is 2. The molecule has 2 aliphatic rings. The Hall–Kier alpha value is -3.78. The SMILES string of the molecule is C[C@H](NC(=O)c1ncc(-c2c[nH]c3ncc(N4CCC45COC5)cc23)cn1)c1ccccc1. The minimum absolute atomic E-state index is 0.133. The molecule has 3 aromatic heterocycles. The molecule has 0 radical (unpaired) electrons. The maximum atomic E-state index is 12.6. The van der Waals surface area contributed by atoms with Crippen LogP contribution in [0.2, 0.25) is 0 Å². The van der Waals surface area contributed by atoms with Crippen LogP contribution >= 0.6 is 0 Å². The van der Waals surface area contributed by atoms with E-state index in [1.807, 2.05) is 49.6 Å². The van der Waals surface area contributed by atoms with Gasteiger partial charge >= 0.3 is 0 Å². The number of pyridine rings is 1. The molecule has 8 heteroatoms. The van der Waals surface area contributed by atoms with Crippen LogP contribution in [0, 0.1) is 0 Å². The van der Waals surface area contributed by atoms with Gasteiger partial charge in [0.05, 0.1) is 36.7 Å². The summed E-state index contributed by atoms with van der Waals surface area (Å²) in [5.41, 5.74) is 4.89. The van der Waals surface area contributed by atoms with Crippen LogP contribution in [0.1, 0.15) is 35.6 Å². The summed E-state index contributed by atoms with van der Waals surface area (Å²) in [6.07, 6.45) is 8.37. The molecule has 5 heterocycles. The number of fused-ring (bicyclic) bond motifs is 1. The zero-order valence-electron chi connectivity index (χ0n) is 18.3. The third kappa shape index (κ3) is 3.34. The van der Waals surface area contributed by atoms with Gasteiger partial charge in [-0.05, 0) is 25.0 Å². The van der Waals surface area contributed by atoms with Gasteiger partial charge in [0.25, 0.3) is 5.91 Å². The molecule has 0 saturated carbocycles. The second-order valence-electron chi connectivity index (χ2n) is 8.81. The topological polar surface area (TPSA) is 96.0 Å². The molecule has 1 amide bonds. The van der Waals surface area contributed by atoms with Crippen molar-refractivity contribution in [1.82, 2.24) is 25.3 Å². The molecule has 1 spiro atoms. The van der Waals surface area contributed by atoms with E-state index in [2.05, 4.69) is 36.2 Å². The van der Waals surface area contributed by atoms with Crippen LogP contribution in [0.3, 0.4) is 0 Å². The van der Waals surface area contributed by atoms with Crippen molar-refractivity contribution in [2.75, 3.05) is 24.7 Å². The number of aromatic amines is 1. The van der Waals surface area contributed by atoms with E-state index in [1.165, 1.54) is 0 Å². The van der Waals surface area contributed by atoms with Gasteiger partial charge in [-0.15, -0.1) is 0 Å². The Morgan fingerprint density at radius 3 is 2.61 bits per heavy atom. The van der Waals surface area contributed by atoms with Crippen molar-refractivity contribution in [3.05, 3.63) is 72.6 Å². The molecule has 0 unspecified atom stereocenters. The molecule has 2 N–H and O–H groups in total. The Kier molecular flexibility index (Phi) is 4.62. The van der Waals surface area contributed by atoms with Crippen LogP contribution in [0.25, 0.3) is 22.2 Å². The molecule has 2 fully saturated rings. The van der Waals surface area contributed by atoms with Crippen LogP contribution in [0.4, 0.5) is 5.69 Å². The van der Waals surface area contributed by atoms with Crippen LogP contribution in [0.15, 0.2) is 61.2 Å². The summed E-state index contributed by atoms with van der Waals surface area (Å²) >= 11 is 0. The van der Waals surface area contributed by atoms with E-state index >= 15 is 0 Å². The van der Waals surface area contributed by atoms with Crippen molar-refractivity contribution < 1.29 is 9.53 Å². The molecule has 1 atom stereocenters. The number of nitrogens with zero attached hydrogens (tertiary/aromatic N) is 4. The van der Waals surface area contributed by atoms with E-state index in [4.69, 9.17) is 4.74 Å². The van der Waals surface area contributed by atoms with Gasteiger partial charge in [0.2, 0.25) is 5.82 Å². The highest BCUT2D eigenvalue weighted by Crippen LogP contribution is 2.42. The van der Waals surface area contributed by atoms with Crippen LogP contribution < -0.4 is 10.2 Å². The zero-order chi connectivity index (χ0) is 22.4. The average molecular weight is 441 g/mol. The fourth-order valence-corrected chi connectivity index (χ4v) is 4.63. The van der Waals surface area contributed by atoms with Gasteiger partial charge in [-0.3, -0.25) is 4.79 Å². The van der Waals surface area contributed by atoms with Gasteiger partial charge in [0.1, 0.15) is 5.65 Å². The smallest absolute Gasteiger partial charge is 0.289 e. The van der Waals surface area contributed by atoms with Crippen molar-refractivity contribution in [3.8, 4) is 11.1 Å². The molecule has 33 heavy (non-hydrogen) atoms. The predicted octanol–water partition coefficient (Wildman–Crippen LogP) is 3.49. The number of benzene rings is 1. The molecule has 2 aliphatic heterocycles. The van der Waals surface area contributed by atoms with E-state index in [0.29, 0.717) is 0 Å². The Bertz CT molecular complexity index is 1310. The molecule has 1 aromatic carbocycles. The number of rotatable bonds is 5. The largest absolute Gasteiger partial charge is 0.376 e. The summed E-state index contributed by atoms with van der Waals surface area (Å²) in [5.74, 6) is -0.153. The number of carbonyl (C=O) groups is 1. The van der Waals surface area contributed by atoms with Gasteiger partial charge in [-0.25, -0.2) is 15.0 Å². The number of hydrogen-bond acceptors (Lipinski definition) is 6. The zero-order valence-corrected chi connectivity index (χ0v) is 18.3. The quantitative estimate of drug-likeness (QED) is 0.493. The maximum absolute atomic E-state index is 12.6. The Morgan fingerprint density at radius 1 is 1.15 bits per heavy atom. The summed E-state index contributed by atoms with van der Waals surface area (Å²) in [5, 5.41) is 3.96. The number of aromatic nitrogens is 4. The summed E-state index contributed by atoms with van der Waals surface area (Å²) in [7, 11) is 0. The van der Waals surface area contributed by atoms with Gasteiger partial charge in [0, 0.05) is 41.6 Å². The third-order valence-electron chi connectivity index (χ3n) is 6.76. The molecule has 0 bridgehead atoms. The standard InChI is InChI=1S/C25H24N6O2/c1-16(17-5-3-2-4-6-17)30-24(32)23-26-10-18(11-27-23)21-13-29-22-20(21)9-19(12-28-22)31-8-7-25(31)14-33-15-25/h2-6,9-13,16H,7-8,14-15H2,1H3,(H,28,29)(H,30,32)/t16-/m0/s1. The van der Waals surface area contributed by atoms with Crippen molar-refractivity contribution in [1.29, 1.82) is 0 Å². The lowest BCUT2D eigenvalue weighted by Crippen LogP contribution is -2.71. The van der Waals surface area contributed by atoms with Crippen molar-refractivity contribution in [2.45, 2.75) is 24.9 Å². The van der Waals surface area contributed by atoms with Gasteiger partial charge < -0.3 is 19.9 Å². The van der Waals surface area contributed by atoms with Crippen LogP contribution in [0.5, 0.6) is 0 Å². The first kappa shape index (κ1) is 19.9. The molecule has 4 aromatic rings. The number of amides is 1. The Balaban J connectivity index is 1.23. The summed E-state index contributed by atoms with van der Waals surface area (Å²) in [4.78, 5) is 31.5.